The van der Waals surface area contributed by atoms with Crippen molar-refractivity contribution in [2.24, 2.45) is 4.99 Å². The maximum Gasteiger partial charge on any atom is 0.191 e. The molecule has 7 heteroatoms. The van der Waals surface area contributed by atoms with Crippen molar-refractivity contribution in [1.29, 1.82) is 0 Å². The fourth-order valence-corrected chi connectivity index (χ4v) is 2.99. The largest absolute Gasteiger partial charge is 0.354 e. The highest BCUT2D eigenvalue weighted by Gasteiger charge is 2.21. The number of hydrogen-bond donors (Lipinski definition) is 2. The Hall–Kier alpha value is -0.600. The van der Waals surface area contributed by atoms with Crippen LogP contribution in [0.1, 0.15) is 32.3 Å². The molecular weight excluding hydrogens is 442 g/mol. The second kappa shape index (κ2) is 10.4. The average Bonchev–Trinajstić information content (AvgIpc) is 2.55. The van der Waals surface area contributed by atoms with Gasteiger partial charge in [0, 0.05) is 38.8 Å². The highest BCUT2D eigenvalue weighted by atomic mass is 127. The van der Waals surface area contributed by atoms with Gasteiger partial charge in [-0.1, -0.05) is 17.7 Å². The highest BCUT2D eigenvalue weighted by Crippen LogP contribution is 2.16. The van der Waals surface area contributed by atoms with Gasteiger partial charge in [-0.25, -0.2) is 4.39 Å². The van der Waals surface area contributed by atoms with E-state index in [0.717, 1.165) is 37.5 Å². The molecule has 0 aliphatic carbocycles. The van der Waals surface area contributed by atoms with Crippen LogP contribution in [0.15, 0.2) is 23.2 Å². The van der Waals surface area contributed by atoms with Gasteiger partial charge in [-0.15, -0.1) is 24.0 Å². The van der Waals surface area contributed by atoms with E-state index in [1.807, 2.05) is 0 Å². The maximum absolute atomic E-state index is 13.2. The van der Waals surface area contributed by atoms with Crippen molar-refractivity contribution in [3.8, 4) is 0 Å². The van der Waals surface area contributed by atoms with Gasteiger partial charge in [0.1, 0.15) is 5.82 Å². The molecule has 1 aliphatic rings. The molecule has 0 radical (unpaired) electrons. The fraction of sp³-hybridized carbons (Fsp3) is 0.588. The van der Waals surface area contributed by atoms with Crippen LogP contribution >= 0.6 is 35.6 Å². The molecule has 0 aromatic heterocycles. The van der Waals surface area contributed by atoms with Gasteiger partial charge in [0.2, 0.25) is 0 Å². The molecule has 1 aliphatic heterocycles. The van der Waals surface area contributed by atoms with Gasteiger partial charge in [-0.3, -0.25) is 4.99 Å². The number of nitrogens with one attached hydrogen (secondary N) is 2. The summed E-state index contributed by atoms with van der Waals surface area (Å²) >= 11 is 5.80. The van der Waals surface area contributed by atoms with Gasteiger partial charge in [0.25, 0.3) is 0 Å². The van der Waals surface area contributed by atoms with E-state index in [0.29, 0.717) is 18.6 Å². The summed E-state index contributed by atoms with van der Waals surface area (Å²) < 4.78 is 13.2. The van der Waals surface area contributed by atoms with Crippen LogP contribution in [0.2, 0.25) is 5.02 Å². The lowest BCUT2D eigenvalue weighted by atomic mass is 10.0. The third-order valence-corrected chi connectivity index (χ3v) is 4.56. The van der Waals surface area contributed by atoms with Crippen molar-refractivity contribution in [2.45, 2.75) is 45.3 Å². The van der Waals surface area contributed by atoms with Crippen molar-refractivity contribution >= 4 is 41.5 Å². The summed E-state index contributed by atoms with van der Waals surface area (Å²) in [6.07, 6.45) is 2.22. The summed E-state index contributed by atoms with van der Waals surface area (Å²) in [7, 11) is 1.76. The third-order valence-electron chi connectivity index (χ3n) is 4.27. The number of piperidine rings is 1. The second-order valence-electron chi connectivity index (χ2n) is 6.22. The van der Waals surface area contributed by atoms with Crippen LogP contribution in [0.3, 0.4) is 0 Å². The number of rotatable bonds is 4. The Labute approximate surface area is 166 Å². The van der Waals surface area contributed by atoms with Crippen molar-refractivity contribution in [3.63, 3.8) is 0 Å². The van der Waals surface area contributed by atoms with E-state index in [4.69, 9.17) is 11.6 Å². The molecule has 0 amide bonds. The Morgan fingerprint density at radius 2 is 2.04 bits per heavy atom. The SMILES string of the molecule is CN=C(NCc1ccc(F)c(Cl)c1)NC1CCN(C(C)C)CC1.I. The van der Waals surface area contributed by atoms with Crippen molar-refractivity contribution < 1.29 is 4.39 Å². The Balaban J connectivity index is 0.00000288. The summed E-state index contributed by atoms with van der Waals surface area (Å²) in [5, 5.41) is 6.87. The maximum atomic E-state index is 13.2. The molecule has 1 fully saturated rings. The lowest BCUT2D eigenvalue weighted by molar-refractivity contribution is 0.167. The van der Waals surface area contributed by atoms with E-state index in [9.17, 15) is 4.39 Å². The summed E-state index contributed by atoms with van der Waals surface area (Å²) in [6.45, 7) is 7.26. The quantitative estimate of drug-likeness (QED) is 0.403. The van der Waals surface area contributed by atoms with E-state index >= 15 is 0 Å². The number of nitrogens with zero attached hydrogens (tertiary/aromatic N) is 2. The molecule has 24 heavy (non-hydrogen) atoms. The average molecular weight is 469 g/mol. The Morgan fingerprint density at radius 3 is 2.58 bits per heavy atom. The number of hydrogen-bond acceptors (Lipinski definition) is 2. The number of benzene rings is 1. The first-order valence-corrected chi connectivity index (χ1v) is 8.52. The van der Waals surface area contributed by atoms with Crippen LogP contribution in [0, 0.1) is 5.82 Å². The molecule has 0 saturated carbocycles. The smallest absolute Gasteiger partial charge is 0.191 e. The Morgan fingerprint density at radius 1 is 1.38 bits per heavy atom. The van der Waals surface area contributed by atoms with Crippen molar-refractivity contribution in [3.05, 3.63) is 34.6 Å². The molecule has 136 valence electrons. The summed E-state index contributed by atoms with van der Waals surface area (Å²) in [5.41, 5.74) is 0.925. The predicted molar refractivity (Wildman–Crippen MR) is 110 cm³/mol. The molecule has 1 saturated heterocycles. The minimum absolute atomic E-state index is 0. The minimum Gasteiger partial charge on any atom is -0.354 e. The topological polar surface area (TPSA) is 39.7 Å². The molecule has 2 rings (SSSR count). The molecule has 1 heterocycles. The van der Waals surface area contributed by atoms with Gasteiger partial charge in [-0.2, -0.15) is 0 Å². The molecule has 0 spiro atoms. The zero-order chi connectivity index (χ0) is 16.8. The van der Waals surface area contributed by atoms with Gasteiger partial charge in [0.05, 0.1) is 5.02 Å². The Kier molecular flexibility index (Phi) is 9.30. The van der Waals surface area contributed by atoms with Crippen molar-refractivity contribution in [2.75, 3.05) is 20.1 Å². The number of halogens is 3. The lowest BCUT2D eigenvalue weighted by Crippen LogP contribution is -2.49. The van der Waals surface area contributed by atoms with Crippen LogP contribution in [0.5, 0.6) is 0 Å². The minimum atomic E-state index is -0.394. The fourth-order valence-electron chi connectivity index (χ4n) is 2.78. The molecule has 1 aromatic rings. The van der Waals surface area contributed by atoms with Crippen LogP contribution in [0.4, 0.5) is 4.39 Å². The first kappa shape index (κ1) is 21.4. The van der Waals surface area contributed by atoms with E-state index in [1.165, 1.54) is 6.07 Å². The monoisotopic (exact) mass is 468 g/mol. The Bertz CT molecular complexity index is 545. The summed E-state index contributed by atoms with van der Waals surface area (Å²) in [5.74, 6) is 0.378. The van der Waals surface area contributed by atoms with Crippen LogP contribution < -0.4 is 10.6 Å². The van der Waals surface area contributed by atoms with E-state index in [-0.39, 0.29) is 29.0 Å². The normalized spacial score (nSPS) is 16.8. The molecule has 2 N–H and O–H groups in total. The summed E-state index contributed by atoms with van der Waals surface area (Å²) in [4.78, 5) is 6.76. The zero-order valence-corrected chi connectivity index (χ0v) is 17.6. The number of aliphatic imine (C=N–C) groups is 1. The first-order valence-electron chi connectivity index (χ1n) is 8.14. The van der Waals surface area contributed by atoms with E-state index in [1.54, 1.807) is 19.2 Å². The zero-order valence-electron chi connectivity index (χ0n) is 14.5. The molecular formula is C17H27ClFIN4. The van der Waals surface area contributed by atoms with Crippen molar-refractivity contribution in [1.82, 2.24) is 15.5 Å². The highest BCUT2D eigenvalue weighted by molar-refractivity contribution is 14.0. The van der Waals surface area contributed by atoms with Gasteiger partial charge in [0.15, 0.2) is 5.96 Å². The second-order valence-corrected chi connectivity index (χ2v) is 6.63. The van der Waals surface area contributed by atoms with Crippen LogP contribution in [-0.2, 0) is 6.54 Å². The third kappa shape index (κ3) is 6.37. The molecule has 0 bridgehead atoms. The number of likely N-dealkylation sites (tertiary alicyclic amines) is 1. The van der Waals surface area contributed by atoms with Crippen LogP contribution in [0.25, 0.3) is 0 Å². The first-order chi connectivity index (χ1) is 11.0. The lowest BCUT2D eigenvalue weighted by Gasteiger charge is -2.35. The summed E-state index contributed by atoms with van der Waals surface area (Å²) in [6, 6.07) is 5.79. The molecule has 0 atom stereocenters. The van der Waals surface area contributed by atoms with Gasteiger partial charge < -0.3 is 15.5 Å². The molecule has 1 aromatic carbocycles. The standard InChI is InChI=1S/C17H26ClFN4.HI/c1-12(2)23-8-6-14(7-9-23)22-17(20-3)21-11-13-4-5-16(19)15(18)10-13;/h4-5,10,12,14H,6-9,11H2,1-3H3,(H2,20,21,22);1H. The van der Waals surface area contributed by atoms with Crippen LogP contribution in [-0.4, -0.2) is 43.1 Å². The van der Waals surface area contributed by atoms with E-state index in [2.05, 4.69) is 34.4 Å². The van der Waals surface area contributed by atoms with Gasteiger partial charge >= 0.3 is 0 Å². The number of guanidine groups is 1. The van der Waals surface area contributed by atoms with E-state index < -0.39 is 5.82 Å². The predicted octanol–water partition coefficient (Wildman–Crippen LogP) is 3.63. The van der Waals surface area contributed by atoms with Gasteiger partial charge in [-0.05, 0) is 44.4 Å². The molecule has 4 nitrogen and oxygen atoms in total. The molecule has 0 unspecified atom stereocenters.